The number of nitrogens with one attached hydrogen (secondary N) is 1. The minimum atomic E-state index is -0.153. The summed E-state index contributed by atoms with van der Waals surface area (Å²) >= 11 is 0. The number of hydrogen-bond donors (Lipinski definition) is 1. The summed E-state index contributed by atoms with van der Waals surface area (Å²) < 4.78 is 8.93. The van der Waals surface area contributed by atoms with Crippen LogP contribution in [0, 0.1) is 11.8 Å². The van der Waals surface area contributed by atoms with E-state index in [9.17, 15) is 4.79 Å². The molecule has 0 bridgehead atoms. The van der Waals surface area contributed by atoms with E-state index < -0.39 is 0 Å². The van der Waals surface area contributed by atoms with Crippen LogP contribution >= 0.6 is 0 Å². The molecule has 1 saturated heterocycles. The summed E-state index contributed by atoms with van der Waals surface area (Å²) in [4.78, 5) is 25.0. The average Bonchev–Trinajstić information content (AvgIpc) is 3.16. The summed E-state index contributed by atoms with van der Waals surface area (Å²) in [6.45, 7) is 6.06. The molecule has 0 atom stereocenters. The van der Waals surface area contributed by atoms with Crippen molar-refractivity contribution in [3.05, 3.63) is 46.2 Å². The molecule has 1 aromatic carbocycles. The lowest BCUT2D eigenvalue weighted by Gasteiger charge is -2.28. The van der Waals surface area contributed by atoms with E-state index >= 15 is 0 Å². The summed E-state index contributed by atoms with van der Waals surface area (Å²) in [6.07, 6.45) is 0.706. The Morgan fingerprint density at radius 1 is 1.13 bits per heavy atom. The lowest BCUT2D eigenvalue weighted by Crippen LogP contribution is -2.44. The van der Waals surface area contributed by atoms with Gasteiger partial charge in [-0.05, 0) is 18.9 Å². The molecule has 30 heavy (non-hydrogen) atoms. The largest absolute Gasteiger partial charge is 0.468 e. The number of benzene rings is 1. The van der Waals surface area contributed by atoms with Gasteiger partial charge in [-0.2, -0.15) is 9.97 Å². The van der Waals surface area contributed by atoms with Crippen LogP contribution in [0.1, 0.15) is 12.5 Å². The third kappa shape index (κ3) is 3.89. The lowest BCUT2D eigenvalue weighted by atomic mass is 10.1. The maximum absolute atomic E-state index is 13.5. The number of hydrogen-bond acceptors (Lipinski definition) is 6. The number of ether oxygens (including phenoxy) is 1. The molecule has 0 amide bonds. The molecule has 1 aliphatic rings. The van der Waals surface area contributed by atoms with Crippen LogP contribution < -0.4 is 20.5 Å². The Balaban J connectivity index is 1.81. The predicted octanol–water partition coefficient (Wildman–Crippen LogP) is 1.28. The highest BCUT2D eigenvalue weighted by Gasteiger charge is 2.23. The number of anilines is 1. The molecule has 8 nitrogen and oxygen atoms in total. The second-order valence-corrected chi connectivity index (χ2v) is 7.12. The topological polar surface area (TPSA) is 77.2 Å². The normalized spacial score (nSPS) is 13.9. The van der Waals surface area contributed by atoms with Gasteiger partial charge in [-0.1, -0.05) is 36.3 Å². The predicted molar refractivity (Wildman–Crippen MR) is 117 cm³/mol. The number of piperazine rings is 1. The monoisotopic (exact) mass is 406 g/mol. The molecule has 0 spiro atoms. The van der Waals surface area contributed by atoms with E-state index in [2.05, 4.69) is 27.0 Å². The molecule has 0 unspecified atom stereocenters. The van der Waals surface area contributed by atoms with Crippen LogP contribution in [0.2, 0.25) is 0 Å². The van der Waals surface area contributed by atoms with Crippen molar-refractivity contribution in [2.75, 3.05) is 38.2 Å². The number of rotatable bonds is 6. The van der Waals surface area contributed by atoms with Gasteiger partial charge in [-0.3, -0.25) is 13.9 Å². The smallest absolute Gasteiger partial charge is 0.301 e. The molecule has 3 heterocycles. The van der Waals surface area contributed by atoms with Crippen molar-refractivity contribution in [3.63, 3.8) is 0 Å². The van der Waals surface area contributed by atoms with Crippen molar-refractivity contribution in [2.45, 2.75) is 26.4 Å². The molecule has 1 fully saturated rings. The number of nitrogens with zero attached hydrogens (tertiary/aromatic N) is 5. The van der Waals surface area contributed by atoms with Crippen molar-refractivity contribution >= 4 is 17.1 Å². The molecule has 156 valence electrons. The van der Waals surface area contributed by atoms with E-state index in [0.29, 0.717) is 30.7 Å². The fourth-order valence-electron chi connectivity index (χ4n) is 3.74. The van der Waals surface area contributed by atoms with Gasteiger partial charge in [0.1, 0.15) is 0 Å². The summed E-state index contributed by atoms with van der Waals surface area (Å²) in [7, 11) is 1.53. The average molecular weight is 406 g/mol. The first-order chi connectivity index (χ1) is 14.7. The van der Waals surface area contributed by atoms with E-state index in [4.69, 9.17) is 9.72 Å². The van der Waals surface area contributed by atoms with Crippen LogP contribution in [-0.2, 0) is 19.5 Å². The number of methoxy groups -OCH3 is 1. The van der Waals surface area contributed by atoms with Gasteiger partial charge in [0.15, 0.2) is 11.2 Å². The van der Waals surface area contributed by atoms with Gasteiger partial charge in [0.25, 0.3) is 5.56 Å². The van der Waals surface area contributed by atoms with Crippen molar-refractivity contribution in [2.24, 2.45) is 0 Å². The number of aryl methyl sites for hydroxylation is 1. The van der Waals surface area contributed by atoms with Crippen LogP contribution in [0.15, 0.2) is 35.1 Å². The summed E-state index contributed by atoms with van der Waals surface area (Å²) in [5.41, 5.74) is 1.87. The van der Waals surface area contributed by atoms with Crippen molar-refractivity contribution in [1.29, 1.82) is 0 Å². The second-order valence-electron chi connectivity index (χ2n) is 7.12. The standard InChI is InChI=1S/C22H26N6O2/c1-3-4-13-27-18-19(24-21(27)26-15-11-23-12-16-26)25-22(30-2)28(20(18)29)14-10-17-8-6-5-7-9-17/h5-9,23H,10-16H2,1-2H3. The number of imidazole rings is 1. The maximum Gasteiger partial charge on any atom is 0.301 e. The molecule has 1 aliphatic heterocycles. The van der Waals surface area contributed by atoms with Gasteiger partial charge in [-0.15, -0.1) is 5.92 Å². The van der Waals surface area contributed by atoms with E-state index in [1.54, 1.807) is 11.5 Å². The number of aromatic nitrogens is 4. The maximum atomic E-state index is 13.5. The molecule has 0 aliphatic carbocycles. The van der Waals surface area contributed by atoms with Crippen LogP contribution in [0.3, 0.4) is 0 Å². The van der Waals surface area contributed by atoms with Crippen molar-refractivity contribution in [3.8, 4) is 17.9 Å². The van der Waals surface area contributed by atoms with Crippen LogP contribution in [0.4, 0.5) is 5.95 Å². The Labute approximate surface area is 175 Å². The minimum absolute atomic E-state index is 0.153. The van der Waals surface area contributed by atoms with Gasteiger partial charge >= 0.3 is 6.01 Å². The Kier molecular flexibility index (Phi) is 6.00. The Morgan fingerprint density at radius 3 is 2.60 bits per heavy atom. The molecule has 0 saturated carbocycles. The minimum Gasteiger partial charge on any atom is -0.468 e. The highest BCUT2D eigenvalue weighted by molar-refractivity contribution is 5.74. The fourth-order valence-corrected chi connectivity index (χ4v) is 3.74. The molecule has 3 aromatic rings. The van der Waals surface area contributed by atoms with E-state index in [1.165, 1.54) is 7.11 Å². The molecule has 1 N–H and O–H groups in total. The Bertz CT molecular complexity index is 1130. The van der Waals surface area contributed by atoms with E-state index in [0.717, 1.165) is 37.7 Å². The van der Waals surface area contributed by atoms with Gasteiger partial charge in [0, 0.05) is 32.7 Å². The zero-order chi connectivity index (χ0) is 20.9. The third-order valence-corrected chi connectivity index (χ3v) is 5.27. The quantitative estimate of drug-likeness (QED) is 0.622. The molecule has 2 aromatic heterocycles. The van der Waals surface area contributed by atoms with Gasteiger partial charge in [0.2, 0.25) is 5.95 Å². The molecule has 4 rings (SSSR count). The first-order valence-corrected chi connectivity index (χ1v) is 10.2. The molecular formula is C22H26N6O2. The molecule has 8 heteroatoms. The highest BCUT2D eigenvalue weighted by atomic mass is 16.5. The Morgan fingerprint density at radius 2 is 1.90 bits per heavy atom. The van der Waals surface area contributed by atoms with Gasteiger partial charge < -0.3 is 15.0 Å². The third-order valence-electron chi connectivity index (χ3n) is 5.27. The molecular weight excluding hydrogens is 380 g/mol. The summed E-state index contributed by atoms with van der Waals surface area (Å²) in [5, 5.41) is 3.34. The number of fused-ring (bicyclic) bond motifs is 1. The van der Waals surface area contributed by atoms with Crippen LogP contribution in [0.25, 0.3) is 11.2 Å². The van der Waals surface area contributed by atoms with Crippen molar-refractivity contribution in [1.82, 2.24) is 24.4 Å². The fraction of sp³-hybridized carbons (Fsp3) is 0.409. The highest BCUT2D eigenvalue weighted by Crippen LogP contribution is 2.22. The van der Waals surface area contributed by atoms with Gasteiger partial charge in [0.05, 0.1) is 13.7 Å². The van der Waals surface area contributed by atoms with Crippen LogP contribution in [-0.4, -0.2) is 52.4 Å². The molecule has 0 radical (unpaired) electrons. The van der Waals surface area contributed by atoms with E-state index in [-0.39, 0.29) is 11.6 Å². The SMILES string of the molecule is CC#CCn1c(N2CCNCC2)nc2nc(OC)n(CCc3ccccc3)c(=O)c21. The van der Waals surface area contributed by atoms with Crippen LogP contribution in [0.5, 0.6) is 6.01 Å². The second kappa shape index (κ2) is 9.01. The van der Waals surface area contributed by atoms with Gasteiger partial charge in [-0.25, -0.2) is 0 Å². The zero-order valence-electron chi connectivity index (χ0n) is 17.4. The Hall–Kier alpha value is -3.31. The zero-order valence-corrected chi connectivity index (χ0v) is 17.4. The first-order valence-electron chi connectivity index (χ1n) is 10.2. The first kappa shape index (κ1) is 20.0. The van der Waals surface area contributed by atoms with Crippen molar-refractivity contribution < 1.29 is 4.74 Å². The summed E-state index contributed by atoms with van der Waals surface area (Å²) in [5.74, 6) is 6.74. The van der Waals surface area contributed by atoms with E-state index in [1.807, 2.05) is 34.9 Å². The lowest BCUT2D eigenvalue weighted by molar-refractivity contribution is 0.348. The summed E-state index contributed by atoms with van der Waals surface area (Å²) in [6, 6.07) is 10.3.